The van der Waals surface area contributed by atoms with Gasteiger partial charge in [-0.3, -0.25) is 4.79 Å². The maximum absolute atomic E-state index is 14.1. The topological polar surface area (TPSA) is 75.6 Å². The maximum Gasteiger partial charge on any atom is 0.416 e. The summed E-state index contributed by atoms with van der Waals surface area (Å²) in [6, 6.07) is 10.3. The normalized spacial score (nSPS) is 18.8. The summed E-state index contributed by atoms with van der Waals surface area (Å²) in [6.07, 6.45) is -1.37. The highest BCUT2D eigenvalue weighted by atomic mass is 19.4. The van der Waals surface area contributed by atoms with E-state index in [9.17, 15) is 32.3 Å². The molecule has 0 aliphatic heterocycles. The molecule has 3 aromatic rings. The third-order valence-corrected chi connectivity index (χ3v) is 6.93. The van der Waals surface area contributed by atoms with Crippen LogP contribution in [0.25, 0.3) is 10.8 Å². The first kappa shape index (κ1) is 26.4. The molecule has 1 aliphatic carbocycles. The molecule has 3 aromatic carbocycles. The van der Waals surface area contributed by atoms with Crippen LogP contribution in [0.15, 0.2) is 54.6 Å². The van der Waals surface area contributed by atoms with E-state index in [1.54, 1.807) is 6.07 Å². The molecule has 1 aliphatic rings. The average molecular weight is 518 g/mol. The van der Waals surface area contributed by atoms with Crippen molar-refractivity contribution in [2.24, 2.45) is 11.8 Å². The fraction of sp³-hybridized carbons (Fsp3) is 0.357. The first-order valence-corrected chi connectivity index (χ1v) is 12.1. The lowest BCUT2D eigenvalue weighted by Gasteiger charge is -2.31. The van der Waals surface area contributed by atoms with Crippen LogP contribution in [0, 0.1) is 17.7 Å². The zero-order chi connectivity index (χ0) is 26.7. The van der Waals surface area contributed by atoms with Crippen molar-refractivity contribution in [1.29, 1.82) is 0 Å². The number of benzene rings is 3. The van der Waals surface area contributed by atoms with Gasteiger partial charge in [0.25, 0.3) is 5.91 Å². The molecule has 0 spiro atoms. The summed E-state index contributed by atoms with van der Waals surface area (Å²) < 4.78 is 58.7. The summed E-state index contributed by atoms with van der Waals surface area (Å²) in [4.78, 5) is 25.3. The van der Waals surface area contributed by atoms with Gasteiger partial charge in [0.2, 0.25) is 0 Å². The van der Waals surface area contributed by atoms with Gasteiger partial charge >= 0.3 is 12.1 Å². The highest BCUT2D eigenvalue weighted by Crippen LogP contribution is 2.34. The van der Waals surface area contributed by atoms with Crippen LogP contribution in [0.2, 0.25) is 0 Å². The van der Waals surface area contributed by atoms with Gasteiger partial charge in [-0.15, -0.1) is 0 Å². The molecule has 1 fully saturated rings. The first-order valence-electron chi connectivity index (χ1n) is 12.1. The number of amides is 1. The minimum absolute atomic E-state index is 0.0143. The van der Waals surface area contributed by atoms with Crippen molar-refractivity contribution in [3.05, 3.63) is 77.1 Å². The van der Waals surface area contributed by atoms with Crippen LogP contribution in [0.1, 0.15) is 54.1 Å². The van der Waals surface area contributed by atoms with E-state index in [1.807, 2.05) is 0 Å². The highest BCUT2D eigenvalue weighted by molar-refractivity contribution is 6.05. The van der Waals surface area contributed by atoms with E-state index in [0.717, 1.165) is 25.0 Å². The SMILES string of the molecule is CC1CCC([C@H](NC(=O)c2ccc3ccc(F)cc3c2OCc2ccc(C(F)(F)F)cc2)C(=O)O)CC1. The molecule has 0 bridgehead atoms. The minimum Gasteiger partial charge on any atom is -0.487 e. The largest absolute Gasteiger partial charge is 0.487 e. The lowest BCUT2D eigenvalue weighted by atomic mass is 9.79. The fourth-order valence-corrected chi connectivity index (χ4v) is 4.76. The van der Waals surface area contributed by atoms with E-state index < -0.39 is 35.5 Å². The molecule has 196 valence electrons. The Hall–Kier alpha value is -3.62. The summed E-state index contributed by atoms with van der Waals surface area (Å²) in [7, 11) is 0. The number of aliphatic carboxylic acids is 1. The van der Waals surface area contributed by atoms with Crippen LogP contribution in [-0.2, 0) is 17.6 Å². The van der Waals surface area contributed by atoms with Gasteiger partial charge in [0.15, 0.2) is 0 Å². The molecule has 1 amide bonds. The third-order valence-electron chi connectivity index (χ3n) is 6.93. The van der Waals surface area contributed by atoms with Crippen molar-refractivity contribution < 1.29 is 37.0 Å². The lowest BCUT2D eigenvalue weighted by molar-refractivity contribution is -0.141. The molecule has 4 rings (SSSR count). The third kappa shape index (κ3) is 6.21. The van der Waals surface area contributed by atoms with E-state index >= 15 is 0 Å². The van der Waals surface area contributed by atoms with Crippen LogP contribution in [0.5, 0.6) is 5.75 Å². The predicted molar refractivity (Wildman–Crippen MR) is 130 cm³/mol. The van der Waals surface area contributed by atoms with Gasteiger partial charge in [-0.1, -0.05) is 44.0 Å². The molecule has 2 N–H and O–H groups in total. The Morgan fingerprint density at radius 1 is 1.03 bits per heavy atom. The first-order chi connectivity index (χ1) is 17.5. The van der Waals surface area contributed by atoms with Crippen LogP contribution < -0.4 is 10.1 Å². The molecular weight excluding hydrogens is 490 g/mol. The van der Waals surface area contributed by atoms with Crippen LogP contribution in [0.3, 0.4) is 0 Å². The Labute approximate surface area is 211 Å². The van der Waals surface area contributed by atoms with Gasteiger partial charge in [0.05, 0.1) is 11.1 Å². The van der Waals surface area contributed by atoms with E-state index in [0.29, 0.717) is 29.7 Å². The molecule has 0 aromatic heterocycles. The Kier molecular flexibility index (Phi) is 7.71. The number of halogens is 4. The molecule has 0 heterocycles. The Bertz CT molecular complexity index is 1280. The number of carboxylic acid groups (broad SMARTS) is 1. The van der Waals surface area contributed by atoms with Gasteiger partial charge in [-0.25, -0.2) is 9.18 Å². The molecule has 5 nitrogen and oxygen atoms in total. The minimum atomic E-state index is -4.48. The number of rotatable bonds is 7. The summed E-state index contributed by atoms with van der Waals surface area (Å²) >= 11 is 0. The molecule has 9 heteroatoms. The van der Waals surface area contributed by atoms with E-state index in [2.05, 4.69) is 12.2 Å². The number of fused-ring (bicyclic) bond motifs is 1. The molecule has 1 atom stereocenters. The standard InChI is InChI=1S/C28H27F4NO4/c1-16-2-6-19(7-3-16)24(27(35)36)33-26(34)22-13-9-18-8-12-21(29)14-23(18)25(22)37-15-17-4-10-20(11-5-17)28(30,31)32/h4-5,8-14,16,19,24H,2-3,6-7,15H2,1H3,(H,33,34)(H,35,36)/t16?,19?,24-/m0/s1. The Balaban J connectivity index is 1.62. The monoisotopic (exact) mass is 517 g/mol. The van der Waals surface area contributed by atoms with Gasteiger partial charge in [0, 0.05) is 5.39 Å². The zero-order valence-electron chi connectivity index (χ0n) is 20.1. The summed E-state index contributed by atoms with van der Waals surface area (Å²) in [5, 5.41) is 13.3. The smallest absolute Gasteiger partial charge is 0.416 e. The van der Waals surface area contributed by atoms with Crippen molar-refractivity contribution in [2.75, 3.05) is 0 Å². The van der Waals surface area contributed by atoms with Crippen molar-refractivity contribution >= 4 is 22.6 Å². The summed E-state index contributed by atoms with van der Waals surface area (Å²) in [6.45, 7) is 1.93. The van der Waals surface area contributed by atoms with Gasteiger partial charge in [0.1, 0.15) is 24.2 Å². The number of carbonyl (C=O) groups is 2. The lowest BCUT2D eigenvalue weighted by Crippen LogP contribution is -2.47. The van der Waals surface area contributed by atoms with Crippen LogP contribution in [0.4, 0.5) is 17.6 Å². The molecule has 37 heavy (non-hydrogen) atoms. The number of hydrogen-bond acceptors (Lipinski definition) is 3. The summed E-state index contributed by atoms with van der Waals surface area (Å²) in [5.74, 6) is -2.07. The highest BCUT2D eigenvalue weighted by Gasteiger charge is 2.33. The number of hydrogen-bond donors (Lipinski definition) is 2. The van der Waals surface area contributed by atoms with E-state index in [4.69, 9.17) is 4.74 Å². The van der Waals surface area contributed by atoms with Crippen LogP contribution in [-0.4, -0.2) is 23.0 Å². The fourth-order valence-electron chi connectivity index (χ4n) is 4.76. The average Bonchev–Trinajstić information content (AvgIpc) is 2.85. The Morgan fingerprint density at radius 2 is 1.68 bits per heavy atom. The second-order valence-electron chi connectivity index (χ2n) is 9.60. The number of carboxylic acids is 1. The second-order valence-corrected chi connectivity index (χ2v) is 9.60. The zero-order valence-corrected chi connectivity index (χ0v) is 20.1. The number of ether oxygens (including phenoxy) is 1. The number of carbonyl (C=O) groups excluding carboxylic acids is 1. The van der Waals surface area contributed by atoms with Gasteiger partial charge in [-0.05, 0) is 66.0 Å². The number of alkyl halides is 3. The molecule has 0 radical (unpaired) electrons. The maximum atomic E-state index is 14.1. The van der Waals surface area contributed by atoms with E-state index in [-0.39, 0.29) is 29.2 Å². The van der Waals surface area contributed by atoms with Gasteiger partial charge < -0.3 is 15.2 Å². The second kappa shape index (κ2) is 10.8. The van der Waals surface area contributed by atoms with Crippen molar-refractivity contribution in [3.63, 3.8) is 0 Å². The Morgan fingerprint density at radius 3 is 2.30 bits per heavy atom. The van der Waals surface area contributed by atoms with Gasteiger partial charge in [-0.2, -0.15) is 13.2 Å². The van der Waals surface area contributed by atoms with Crippen molar-refractivity contribution in [2.45, 2.75) is 51.4 Å². The predicted octanol–water partition coefficient (Wildman–Crippen LogP) is 6.59. The van der Waals surface area contributed by atoms with Crippen molar-refractivity contribution in [1.82, 2.24) is 5.32 Å². The number of nitrogens with one attached hydrogen (secondary N) is 1. The summed E-state index contributed by atoms with van der Waals surface area (Å²) in [5.41, 5.74) is -0.381. The molecule has 0 saturated heterocycles. The van der Waals surface area contributed by atoms with Crippen LogP contribution >= 0.6 is 0 Å². The molecule has 1 saturated carbocycles. The molecule has 0 unspecified atom stereocenters. The molecular formula is C28H27F4NO4. The van der Waals surface area contributed by atoms with E-state index in [1.165, 1.54) is 36.4 Å². The quantitative estimate of drug-likeness (QED) is 0.347. The van der Waals surface area contributed by atoms with Crippen molar-refractivity contribution in [3.8, 4) is 5.75 Å².